The number of nitrogens with one attached hydrogen (secondary N) is 2. The molecule has 0 unspecified atom stereocenters. The van der Waals surface area contributed by atoms with E-state index >= 15 is 0 Å². The Hall–Kier alpha value is -3.15. The Kier molecular flexibility index (Phi) is 4.79. The first-order valence-corrected chi connectivity index (χ1v) is 8.04. The maximum Gasteiger partial charge on any atom is 0.259 e. The molecule has 0 saturated heterocycles. The second-order valence-corrected chi connectivity index (χ2v) is 5.97. The largest absolute Gasteiger partial charge is 0.484 e. The fourth-order valence-electron chi connectivity index (χ4n) is 2.47. The van der Waals surface area contributed by atoms with E-state index in [2.05, 4.69) is 15.3 Å². The molecule has 0 atom stereocenters. The normalized spacial score (nSPS) is 10.8. The Morgan fingerprint density at radius 1 is 1.20 bits per heavy atom. The van der Waals surface area contributed by atoms with Crippen LogP contribution in [0.5, 0.6) is 5.75 Å². The topological polar surface area (TPSA) is 84.1 Å². The number of nitrogens with zero attached hydrogens (tertiary/aromatic N) is 1. The molecule has 0 aliphatic heterocycles. The first kappa shape index (κ1) is 16.7. The first-order chi connectivity index (χ1) is 12.0. The number of aromatic amines is 1. The maximum absolute atomic E-state index is 12.2. The third-order valence-electron chi connectivity index (χ3n) is 3.54. The van der Waals surface area contributed by atoms with E-state index in [4.69, 9.17) is 4.74 Å². The minimum atomic E-state index is -0.191. The van der Waals surface area contributed by atoms with Gasteiger partial charge in [0.2, 0.25) is 0 Å². The fraction of sp³-hybridized carbons (Fsp3) is 0.211. The van der Waals surface area contributed by atoms with Crippen LogP contribution in [0.15, 0.2) is 53.3 Å². The Labute approximate surface area is 144 Å². The number of hydrogen-bond donors (Lipinski definition) is 2. The summed E-state index contributed by atoms with van der Waals surface area (Å²) >= 11 is 0. The number of hydrogen-bond acceptors (Lipinski definition) is 4. The quantitative estimate of drug-likeness (QED) is 0.749. The molecule has 0 bridgehead atoms. The van der Waals surface area contributed by atoms with E-state index in [1.807, 2.05) is 26.0 Å². The van der Waals surface area contributed by atoms with E-state index < -0.39 is 0 Å². The van der Waals surface area contributed by atoms with Crippen LogP contribution >= 0.6 is 0 Å². The molecule has 3 rings (SSSR count). The molecule has 3 aromatic rings. The minimum Gasteiger partial charge on any atom is -0.484 e. The Morgan fingerprint density at radius 2 is 2.00 bits per heavy atom. The number of H-pyrrole nitrogens is 1. The van der Waals surface area contributed by atoms with Crippen molar-refractivity contribution >= 4 is 16.8 Å². The van der Waals surface area contributed by atoms with Crippen LogP contribution < -0.4 is 15.6 Å². The maximum atomic E-state index is 12.2. The number of para-hydroxylation sites is 1. The van der Waals surface area contributed by atoms with Gasteiger partial charge in [-0.2, -0.15) is 0 Å². The second kappa shape index (κ2) is 7.17. The minimum absolute atomic E-state index is 0.0642. The molecule has 1 aromatic heterocycles. The van der Waals surface area contributed by atoms with Crippen molar-refractivity contribution in [2.24, 2.45) is 0 Å². The summed E-state index contributed by atoms with van der Waals surface area (Å²) in [5.41, 5.74) is 1.15. The van der Waals surface area contributed by atoms with Crippen LogP contribution in [0.2, 0.25) is 0 Å². The van der Waals surface area contributed by atoms with Crippen molar-refractivity contribution in [2.45, 2.75) is 19.9 Å². The molecule has 0 aliphatic rings. The number of fused-ring (bicyclic) bond motifs is 1. The molecule has 0 fully saturated rings. The van der Waals surface area contributed by atoms with Gasteiger partial charge in [0.05, 0.1) is 10.9 Å². The van der Waals surface area contributed by atoms with Crippen LogP contribution in [-0.2, 0) is 4.79 Å². The third kappa shape index (κ3) is 4.03. The zero-order chi connectivity index (χ0) is 17.8. The van der Waals surface area contributed by atoms with Crippen molar-refractivity contribution in [3.05, 3.63) is 58.9 Å². The highest BCUT2D eigenvalue weighted by atomic mass is 16.5. The van der Waals surface area contributed by atoms with Crippen LogP contribution in [0.1, 0.15) is 13.8 Å². The Morgan fingerprint density at radius 3 is 2.80 bits per heavy atom. The van der Waals surface area contributed by atoms with E-state index in [-0.39, 0.29) is 24.1 Å². The monoisotopic (exact) mass is 337 g/mol. The van der Waals surface area contributed by atoms with E-state index in [9.17, 15) is 9.59 Å². The molecule has 1 amide bonds. The fourth-order valence-corrected chi connectivity index (χ4v) is 2.47. The molecule has 2 N–H and O–H groups in total. The van der Waals surface area contributed by atoms with Crippen molar-refractivity contribution in [3.63, 3.8) is 0 Å². The van der Waals surface area contributed by atoms with Gasteiger partial charge in [0, 0.05) is 11.6 Å². The van der Waals surface area contributed by atoms with Gasteiger partial charge in [0.1, 0.15) is 11.6 Å². The van der Waals surface area contributed by atoms with Crippen molar-refractivity contribution in [3.8, 4) is 17.1 Å². The van der Waals surface area contributed by atoms with Crippen molar-refractivity contribution < 1.29 is 9.53 Å². The van der Waals surface area contributed by atoms with Gasteiger partial charge in [-0.15, -0.1) is 0 Å². The number of rotatable bonds is 5. The van der Waals surface area contributed by atoms with Crippen LogP contribution in [0.25, 0.3) is 22.3 Å². The van der Waals surface area contributed by atoms with Crippen molar-refractivity contribution in [2.75, 3.05) is 6.61 Å². The standard InChI is InChI=1S/C19H19N3O3/c1-12(2)20-17(23)11-25-14-7-5-6-13(10-14)18-21-16-9-4-3-8-15(16)19(24)22-18/h3-10,12H,11H2,1-2H3,(H,20,23)(H,21,22,24). The zero-order valence-electron chi connectivity index (χ0n) is 14.1. The summed E-state index contributed by atoms with van der Waals surface area (Å²) in [5, 5.41) is 3.31. The molecule has 0 saturated carbocycles. The highest BCUT2D eigenvalue weighted by Crippen LogP contribution is 2.21. The summed E-state index contributed by atoms with van der Waals surface area (Å²) in [6.45, 7) is 3.71. The van der Waals surface area contributed by atoms with Crippen molar-refractivity contribution in [1.29, 1.82) is 0 Å². The van der Waals surface area contributed by atoms with Crippen LogP contribution in [0.4, 0.5) is 0 Å². The second-order valence-electron chi connectivity index (χ2n) is 5.97. The van der Waals surface area contributed by atoms with Crippen LogP contribution in [0.3, 0.4) is 0 Å². The SMILES string of the molecule is CC(C)NC(=O)COc1cccc(-c2nc3ccccc3c(=O)[nH]2)c1. The molecule has 2 aromatic carbocycles. The summed E-state index contributed by atoms with van der Waals surface area (Å²) < 4.78 is 5.52. The average molecular weight is 337 g/mol. The van der Waals surface area contributed by atoms with Gasteiger partial charge >= 0.3 is 0 Å². The van der Waals surface area contributed by atoms with Gasteiger partial charge in [-0.05, 0) is 38.1 Å². The molecule has 25 heavy (non-hydrogen) atoms. The molecule has 0 radical (unpaired) electrons. The predicted octanol–water partition coefficient (Wildman–Crippen LogP) is 2.49. The molecular weight excluding hydrogens is 318 g/mol. The van der Waals surface area contributed by atoms with Gasteiger partial charge < -0.3 is 15.0 Å². The summed E-state index contributed by atoms with van der Waals surface area (Å²) in [7, 11) is 0. The van der Waals surface area contributed by atoms with Gasteiger partial charge in [0.15, 0.2) is 6.61 Å². The summed E-state index contributed by atoms with van der Waals surface area (Å²) in [4.78, 5) is 31.1. The van der Waals surface area contributed by atoms with Crippen LogP contribution in [-0.4, -0.2) is 28.5 Å². The van der Waals surface area contributed by atoms with E-state index in [1.165, 1.54) is 0 Å². The number of aromatic nitrogens is 2. The number of ether oxygens (including phenoxy) is 1. The van der Waals surface area contributed by atoms with E-state index in [0.717, 1.165) is 0 Å². The molecule has 0 aliphatic carbocycles. The Balaban J connectivity index is 1.84. The molecule has 6 nitrogen and oxygen atoms in total. The molecule has 0 spiro atoms. The molecular formula is C19H19N3O3. The van der Waals surface area contributed by atoms with Gasteiger partial charge in [-0.1, -0.05) is 24.3 Å². The van der Waals surface area contributed by atoms with Gasteiger partial charge in [-0.25, -0.2) is 4.98 Å². The highest BCUT2D eigenvalue weighted by molar-refractivity contribution is 5.79. The van der Waals surface area contributed by atoms with E-state index in [0.29, 0.717) is 28.0 Å². The highest BCUT2D eigenvalue weighted by Gasteiger charge is 2.08. The number of carbonyl (C=O) groups is 1. The molecule has 128 valence electrons. The average Bonchev–Trinajstić information content (AvgIpc) is 2.60. The Bertz CT molecular complexity index is 963. The van der Waals surface area contributed by atoms with Gasteiger partial charge in [-0.3, -0.25) is 9.59 Å². The zero-order valence-corrected chi connectivity index (χ0v) is 14.1. The third-order valence-corrected chi connectivity index (χ3v) is 3.54. The van der Waals surface area contributed by atoms with Crippen LogP contribution in [0, 0.1) is 0 Å². The summed E-state index contributed by atoms with van der Waals surface area (Å²) in [5.74, 6) is 0.811. The summed E-state index contributed by atoms with van der Waals surface area (Å²) in [6, 6.07) is 14.4. The molecule has 6 heteroatoms. The lowest BCUT2D eigenvalue weighted by Crippen LogP contribution is -2.34. The lowest BCUT2D eigenvalue weighted by Gasteiger charge is -2.10. The molecule has 1 heterocycles. The number of carbonyl (C=O) groups excluding carboxylic acids is 1. The number of benzene rings is 2. The number of amides is 1. The first-order valence-electron chi connectivity index (χ1n) is 8.04. The lowest BCUT2D eigenvalue weighted by molar-refractivity contribution is -0.123. The predicted molar refractivity (Wildman–Crippen MR) is 96.6 cm³/mol. The van der Waals surface area contributed by atoms with Crippen molar-refractivity contribution in [1.82, 2.24) is 15.3 Å². The van der Waals surface area contributed by atoms with E-state index in [1.54, 1.807) is 36.4 Å². The summed E-state index contributed by atoms with van der Waals surface area (Å²) in [6.07, 6.45) is 0. The lowest BCUT2D eigenvalue weighted by atomic mass is 10.2. The van der Waals surface area contributed by atoms with Gasteiger partial charge in [0.25, 0.3) is 11.5 Å². The smallest absolute Gasteiger partial charge is 0.259 e.